The molecule has 0 bridgehead atoms. The lowest BCUT2D eigenvalue weighted by atomic mass is 10.1. The molecule has 4 aromatic rings. The van der Waals surface area contributed by atoms with E-state index in [1.54, 1.807) is 57.1 Å². The van der Waals surface area contributed by atoms with Crippen LogP contribution in [0.4, 0.5) is 10.6 Å². The number of nitrogens with one attached hydrogen (secondary N) is 1. The van der Waals surface area contributed by atoms with Crippen LogP contribution in [0.3, 0.4) is 0 Å². The van der Waals surface area contributed by atoms with E-state index >= 15 is 0 Å². The Morgan fingerprint density at radius 3 is 2.71 bits per heavy atom. The van der Waals surface area contributed by atoms with Crippen LogP contribution in [0.1, 0.15) is 16.8 Å². The minimum atomic E-state index is -0.491. The molecule has 2 amide bonds. The maximum Gasteiger partial charge on any atom is 0.415 e. The Morgan fingerprint density at radius 2 is 1.92 bits per heavy atom. The number of nitrogen functional groups attached to an aromatic ring is 1. The number of anilines is 1. The predicted octanol–water partition coefficient (Wildman–Crippen LogP) is 1.92. The van der Waals surface area contributed by atoms with Crippen molar-refractivity contribution in [1.82, 2.24) is 34.8 Å². The standard InChI is InChI=1S/C26H28N8O4/c1-32-14-19(12-29-32)18-10-23(24(27)28-11-18)25(36)31-21-5-6-33(16-21)26(37)38-22-4-2-3-17(9-22)20-13-30-34(15-20)7-8-35/h2-4,9-15,21,35H,5-8,16H2,1H3,(H2,27,28)(H,31,36)/t21-/m1/s1. The lowest BCUT2D eigenvalue weighted by molar-refractivity contribution is 0.0937. The van der Waals surface area contributed by atoms with Gasteiger partial charge in [-0.15, -0.1) is 0 Å². The zero-order valence-electron chi connectivity index (χ0n) is 20.8. The van der Waals surface area contributed by atoms with Crippen molar-refractivity contribution in [3.05, 3.63) is 66.9 Å². The molecule has 12 heteroatoms. The minimum absolute atomic E-state index is 0.00187. The van der Waals surface area contributed by atoms with Crippen molar-refractivity contribution < 1.29 is 19.4 Å². The summed E-state index contributed by atoms with van der Waals surface area (Å²) in [5.74, 6) is 0.183. The highest BCUT2D eigenvalue weighted by atomic mass is 16.6. The van der Waals surface area contributed by atoms with Crippen LogP contribution in [0.15, 0.2) is 61.3 Å². The van der Waals surface area contributed by atoms with Crippen LogP contribution < -0.4 is 15.8 Å². The highest BCUT2D eigenvalue weighted by Crippen LogP contribution is 2.25. The van der Waals surface area contributed by atoms with Gasteiger partial charge in [0, 0.05) is 61.5 Å². The zero-order chi connectivity index (χ0) is 26.6. The highest BCUT2D eigenvalue weighted by molar-refractivity contribution is 5.99. The Hall–Kier alpha value is -4.71. The molecule has 0 radical (unpaired) electrons. The number of nitrogens with two attached hydrogens (primary N) is 1. The van der Waals surface area contributed by atoms with Crippen molar-refractivity contribution in [2.24, 2.45) is 7.05 Å². The summed E-state index contributed by atoms with van der Waals surface area (Å²) in [6.07, 6.45) is 8.73. The zero-order valence-corrected chi connectivity index (χ0v) is 20.8. The predicted molar refractivity (Wildman–Crippen MR) is 139 cm³/mol. The average molecular weight is 517 g/mol. The number of hydrogen-bond donors (Lipinski definition) is 3. The Labute approximate surface area is 218 Å². The molecule has 0 saturated carbocycles. The molecule has 12 nitrogen and oxygen atoms in total. The number of benzene rings is 1. The molecule has 1 aliphatic heterocycles. The molecule has 1 aromatic carbocycles. The number of aromatic nitrogens is 5. The van der Waals surface area contributed by atoms with Gasteiger partial charge in [-0.05, 0) is 30.2 Å². The molecule has 1 fully saturated rings. The van der Waals surface area contributed by atoms with Crippen molar-refractivity contribution in [3.8, 4) is 28.0 Å². The fraction of sp³-hybridized carbons (Fsp3) is 0.269. The smallest absolute Gasteiger partial charge is 0.410 e. The molecule has 4 heterocycles. The number of carbonyl (C=O) groups is 2. The fourth-order valence-corrected chi connectivity index (χ4v) is 4.33. The monoisotopic (exact) mass is 516 g/mol. The van der Waals surface area contributed by atoms with E-state index in [2.05, 4.69) is 20.5 Å². The second kappa shape index (κ2) is 10.7. The van der Waals surface area contributed by atoms with Gasteiger partial charge in [0.05, 0.1) is 31.1 Å². The molecule has 1 aliphatic rings. The van der Waals surface area contributed by atoms with Crippen LogP contribution in [0.5, 0.6) is 5.75 Å². The molecule has 196 valence electrons. The first-order chi connectivity index (χ1) is 18.4. The number of pyridine rings is 1. The van der Waals surface area contributed by atoms with E-state index < -0.39 is 6.09 Å². The number of aliphatic hydroxyl groups excluding tert-OH is 1. The SMILES string of the molecule is Cn1cc(-c2cnc(N)c(C(=O)N[C@@H]3CCN(C(=O)Oc4cccc(-c5cnn(CCO)c5)c4)C3)c2)cn1. The maximum atomic E-state index is 13.0. The third kappa shape index (κ3) is 5.49. The van der Waals surface area contributed by atoms with Gasteiger partial charge < -0.3 is 25.8 Å². The number of aryl methyl sites for hydroxylation is 1. The van der Waals surface area contributed by atoms with Gasteiger partial charge in [-0.1, -0.05) is 12.1 Å². The molecule has 5 rings (SSSR count). The molecule has 0 spiro atoms. The summed E-state index contributed by atoms with van der Waals surface area (Å²) in [4.78, 5) is 31.5. The molecule has 1 atom stereocenters. The van der Waals surface area contributed by atoms with E-state index in [0.29, 0.717) is 31.8 Å². The van der Waals surface area contributed by atoms with E-state index in [4.69, 9.17) is 15.6 Å². The molecule has 0 unspecified atom stereocenters. The molecular formula is C26H28N8O4. The summed E-state index contributed by atoms with van der Waals surface area (Å²) >= 11 is 0. The van der Waals surface area contributed by atoms with Crippen LogP contribution in [-0.4, -0.2) is 72.3 Å². The highest BCUT2D eigenvalue weighted by Gasteiger charge is 2.29. The number of nitrogens with zero attached hydrogens (tertiary/aromatic N) is 6. The van der Waals surface area contributed by atoms with Gasteiger partial charge in [-0.2, -0.15) is 10.2 Å². The van der Waals surface area contributed by atoms with E-state index in [1.807, 2.05) is 25.5 Å². The lowest BCUT2D eigenvalue weighted by Crippen LogP contribution is -2.39. The number of amides is 2. The Balaban J connectivity index is 1.19. The van der Waals surface area contributed by atoms with Crippen molar-refractivity contribution >= 4 is 17.8 Å². The van der Waals surface area contributed by atoms with Gasteiger partial charge in [0.2, 0.25) is 0 Å². The maximum absolute atomic E-state index is 13.0. The van der Waals surface area contributed by atoms with Gasteiger partial charge in [-0.25, -0.2) is 9.78 Å². The largest absolute Gasteiger partial charge is 0.415 e. The number of rotatable bonds is 7. The van der Waals surface area contributed by atoms with Crippen molar-refractivity contribution in [2.45, 2.75) is 19.0 Å². The number of likely N-dealkylation sites (tertiary alicyclic amines) is 1. The molecule has 3 aromatic heterocycles. The number of hydrogen-bond acceptors (Lipinski definition) is 8. The van der Waals surface area contributed by atoms with Crippen molar-refractivity contribution in [1.29, 1.82) is 0 Å². The number of ether oxygens (including phenoxy) is 1. The minimum Gasteiger partial charge on any atom is -0.410 e. The molecular weight excluding hydrogens is 488 g/mol. The third-order valence-corrected chi connectivity index (χ3v) is 6.32. The summed E-state index contributed by atoms with van der Waals surface area (Å²) in [7, 11) is 1.81. The summed E-state index contributed by atoms with van der Waals surface area (Å²) in [6.45, 7) is 1.16. The number of carbonyl (C=O) groups excluding carboxylic acids is 2. The second-order valence-electron chi connectivity index (χ2n) is 9.08. The van der Waals surface area contributed by atoms with Crippen LogP contribution >= 0.6 is 0 Å². The van der Waals surface area contributed by atoms with Crippen molar-refractivity contribution in [3.63, 3.8) is 0 Å². The molecule has 1 saturated heterocycles. The normalized spacial score (nSPS) is 15.0. The van der Waals surface area contributed by atoms with Crippen molar-refractivity contribution in [2.75, 3.05) is 25.4 Å². The van der Waals surface area contributed by atoms with Gasteiger partial charge in [0.25, 0.3) is 5.91 Å². The molecule has 0 aliphatic carbocycles. The summed E-state index contributed by atoms with van der Waals surface area (Å²) in [5, 5.41) is 20.4. The lowest BCUT2D eigenvalue weighted by Gasteiger charge is -2.17. The van der Waals surface area contributed by atoms with Crippen LogP contribution in [-0.2, 0) is 13.6 Å². The molecule has 38 heavy (non-hydrogen) atoms. The van der Waals surface area contributed by atoms with Crippen LogP contribution in [0.2, 0.25) is 0 Å². The van der Waals surface area contributed by atoms with Crippen LogP contribution in [0.25, 0.3) is 22.3 Å². The van der Waals surface area contributed by atoms with Gasteiger partial charge in [0.1, 0.15) is 11.6 Å². The van der Waals surface area contributed by atoms with E-state index in [1.165, 1.54) is 0 Å². The molecule has 4 N–H and O–H groups in total. The summed E-state index contributed by atoms with van der Waals surface area (Å²) in [5.41, 5.74) is 9.50. The van der Waals surface area contributed by atoms with Gasteiger partial charge in [0.15, 0.2) is 0 Å². The Kier molecular flexibility index (Phi) is 7.05. The summed E-state index contributed by atoms with van der Waals surface area (Å²) in [6, 6.07) is 8.60. The fourth-order valence-electron chi connectivity index (χ4n) is 4.33. The number of aliphatic hydroxyl groups is 1. The summed E-state index contributed by atoms with van der Waals surface area (Å²) < 4.78 is 8.92. The first kappa shape index (κ1) is 25.0. The van der Waals surface area contributed by atoms with Gasteiger partial charge in [-0.3, -0.25) is 14.2 Å². The second-order valence-corrected chi connectivity index (χ2v) is 9.08. The Bertz CT molecular complexity index is 1460. The van der Waals surface area contributed by atoms with Crippen LogP contribution in [0, 0.1) is 0 Å². The van der Waals surface area contributed by atoms with Gasteiger partial charge >= 0.3 is 6.09 Å². The topological polar surface area (TPSA) is 153 Å². The first-order valence-electron chi connectivity index (χ1n) is 12.2. The third-order valence-electron chi connectivity index (χ3n) is 6.32. The van der Waals surface area contributed by atoms with E-state index in [9.17, 15) is 9.59 Å². The average Bonchev–Trinajstić information content (AvgIpc) is 3.66. The first-order valence-corrected chi connectivity index (χ1v) is 12.2. The Morgan fingerprint density at radius 1 is 1.11 bits per heavy atom. The quantitative estimate of drug-likeness (QED) is 0.337. The van der Waals surface area contributed by atoms with E-state index in [-0.39, 0.29) is 29.9 Å². The van der Waals surface area contributed by atoms with E-state index in [0.717, 1.165) is 22.3 Å².